The third kappa shape index (κ3) is 7.92. The number of aliphatic hydroxyl groups is 2. The fourth-order valence-electron chi connectivity index (χ4n) is 11.8. The van der Waals surface area contributed by atoms with Gasteiger partial charge in [0, 0.05) is 60.3 Å². The van der Waals surface area contributed by atoms with E-state index < -0.39 is 107 Å². The van der Waals surface area contributed by atoms with Crippen molar-refractivity contribution in [1.29, 1.82) is 0 Å². The van der Waals surface area contributed by atoms with Crippen molar-refractivity contribution >= 4 is 47.1 Å². The van der Waals surface area contributed by atoms with Crippen molar-refractivity contribution in [2.75, 3.05) is 32.9 Å². The van der Waals surface area contributed by atoms with Crippen molar-refractivity contribution in [3.05, 3.63) is 71.3 Å². The Morgan fingerprint density at radius 1 is 0.969 bits per heavy atom. The minimum absolute atomic E-state index is 0.0183. The lowest BCUT2D eigenvalue weighted by Crippen LogP contribution is -2.66. The number of benzene rings is 1. The van der Waals surface area contributed by atoms with Crippen LogP contribution in [-0.2, 0) is 59.0 Å². The summed E-state index contributed by atoms with van der Waals surface area (Å²) in [5.74, 6) is -5.05. The molecule has 0 radical (unpaired) electrons. The van der Waals surface area contributed by atoms with Gasteiger partial charge in [-0.2, -0.15) is 0 Å². The predicted octanol–water partition coefficient (Wildman–Crippen LogP) is 0.498. The highest BCUT2D eigenvalue weighted by Gasteiger charge is 2.76. The first-order chi connectivity index (χ1) is 30.4. The van der Waals surface area contributed by atoms with Gasteiger partial charge in [0.05, 0.1) is 37.5 Å². The van der Waals surface area contributed by atoms with Crippen LogP contribution < -0.4 is 16.0 Å². The first kappa shape index (κ1) is 45.2. The van der Waals surface area contributed by atoms with Crippen molar-refractivity contribution < 1.29 is 67.9 Å². The molecule has 5 fully saturated rings. The van der Waals surface area contributed by atoms with E-state index in [4.69, 9.17) is 14.2 Å². The van der Waals surface area contributed by atoms with E-state index in [1.54, 1.807) is 24.3 Å². The molecule has 1 aromatic rings. The van der Waals surface area contributed by atoms with E-state index in [1.807, 2.05) is 25.1 Å². The number of ketones is 2. The summed E-state index contributed by atoms with van der Waals surface area (Å²) in [6.45, 7) is 2.84. The second-order valence-electron chi connectivity index (χ2n) is 18.8. The molecular formula is C46H54N4O14. The summed E-state index contributed by atoms with van der Waals surface area (Å²) in [4.78, 5) is 101. The zero-order chi connectivity index (χ0) is 45.8. The van der Waals surface area contributed by atoms with Gasteiger partial charge in [0.1, 0.15) is 12.6 Å². The highest BCUT2D eigenvalue weighted by Crippen LogP contribution is 2.70. The summed E-state index contributed by atoms with van der Waals surface area (Å²) in [7, 11) is 0. The molecule has 3 aliphatic heterocycles. The van der Waals surface area contributed by atoms with Crippen molar-refractivity contribution in [2.24, 2.45) is 28.6 Å². The molecule has 3 heterocycles. The number of carbonyl (C=O) groups excluding carboxylic acids is 7. The number of nitrogens with zero attached hydrogens (tertiary/aromatic N) is 1. The van der Waals surface area contributed by atoms with Crippen LogP contribution >= 0.6 is 0 Å². The lowest BCUT2D eigenvalue weighted by atomic mass is 9.46. The first-order valence-corrected chi connectivity index (χ1v) is 21.8. The summed E-state index contributed by atoms with van der Waals surface area (Å²) >= 11 is 0. The Hall–Kier alpha value is -5.40. The Kier molecular flexibility index (Phi) is 12.1. The molecule has 3 saturated carbocycles. The molecule has 0 aromatic heterocycles. The van der Waals surface area contributed by atoms with Crippen molar-refractivity contribution in [3.8, 4) is 0 Å². The largest absolute Gasteiger partial charge is 0.481 e. The van der Waals surface area contributed by atoms with E-state index in [-0.39, 0.29) is 62.6 Å². The Bertz CT molecular complexity index is 2220. The van der Waals surface area contributed by atoms with Crippen LogP contribution in [0, 0.1) is 28.6 Å². The van der Waals surface area contributed by atoms with Crippen LogP contribution in [-0.4, -0.2) is 130 Å². The van der Waals surface area contributed by atoms with Crippen molar-refractivity contribution in [2.45, 2.75) is 101 Å². The Morgan fingerprint density at radius 3 is 2.34 bits per heavy atom. The Labute approximate surface area is 368 Å². The van der Waals surface area contributed by atoms with Crippen LogP contribution in [0.3, 0.4) is 0 Å². The normalized spacial score (nSPS) is 33.5. The van der Waals surface area contributed by atoms with E-state index >= 15 is 0 Å². The molecular weight excluding hydrogens is 833 g/mol. The van der Waals surface area contributed by atoms with Gasteiger partial charge in [0.2, 0.25) is 17.7 Å². The highest BCUT2D eigenvalue weighted by molar-refractivity contribution is 6.13. The molecule has 7 aliphatic rings. The fourth-order valence-corrected chi connectivity index (χ4v) is 11.8. The summed E-state index contributed by atoms with van der Waals surface area (Å²) in [6, 6.07) is 5.99. The van der Waals surface area contributed by atoms with E-state index in [2.05, 4.69) is 22.9 Å². The average molecular weight is 887 g/mol. The fraction of sp³-hybridized carbons (Fsp3) is 0.565. The maximum absolute atomic E-state index is 14.0. The lowest BCUT2D eigenvalue weighted by Gasteiger charge is -2.59. The molecule has 64 heavy (non-hydrogen) atoms. The Balaban J connectivity index is 0.905. The van der Waals surface area contributed by atoms with Crippen LogP contribution in [0.2, 0.25) is 0 Å². The maximum Gasteiger partial charge on any atom is 0.303 e. The number of amides is 5. The molecule has 0 unspecified atom stereocenters. The number of carbonyl (C=O) groups is 8. The highest BCUT2D eigenvalue weighted by atomic mass is 16.7. The second-order valence-corrected chi connectivity index (χ2v) is 18.8. The Morgan fingerprint density at radius 2 is 1.69 bits per heavy atom. The van der Waals surface area contributed by atoms with Crippen LogP contribution in [0.25, 0.3) is 0 Å². The summed E-state index contributed by atoms with van der Waals surface area (Å²) in [5.41, 5.74) is -1.33. The topological polar surface area (TPSA) is 264 Å². The molecule has 4 aliphatic carbocycles. The number of nitrogens with one attached hydrogen (secondary N) is 3. The minimum Gasteiger partial charge on any atom is -0.481 e. The molecule has 2 saturated heterocycles. The van der Waals surface area contributed by atoms with Crippen LogP contribution in [0.1, 0.15) is 76.2 Å². The van der Waals surface area contributed by atoms with Crippen LogP contribution in [0.4, 0.5) is 0 Å². The SMILES string of the molecule is C[C@]12C=CC(=O)C=C1CC[C@@H]1[C@@H]2[C@@H](O)C[C@@]2(C)[C@H]1C[C@H]1O[C@@H](c3ccc(CC4(NC(=O)[C@H](CCC(=O)O)NC(=O)CNC(=O)CCN5C(=O)C=CC5=O)COC4)cc3)O[C@]12C(=O)CO. The van der Waals surface area contributed by atoms with Crippen molar-refractivity contribution in [3.63, 3.8) is 0 Å². The summed E-state index contributed by atoms with van der Waals surface area (Å²) < 4.78 is 18.8. The minimum atomic E-state index is -1.51. The number of rotatable bonds is 16. The third-order valence-corrected chi connectivity index (χ3v) is 14.9. The number of fused-ring (bicyclic) bond motifs is 7. The molecule has 8 rings (SSSR count). The molecule has 0 spiro atoms. The van der Waals surface area contributed by atoms with Gasteiger partial charge in [-0.3, -0.25) is 43.3 Å². The van der Waals surface area contributed by atoms with Gasteiger partial charge in [0.15, 0.2) is 23.5 Å². The number of aliphatic hydroxyl groups excluding tert-OH is 2. The number of Topliss-reactive ketones (excluding diaryl/α,β-unsaturated/α-hetero) is 1. The number of ether oxygens (including phenoxy) is 3. The lowest BCUT2D eigenvalue weighted by molar-refractivity contribution is -0.201. The number of carboxylic acids is 1. The number of hydrogen-bond donors (Lipinski definition) is 6. The van der Waals surface area contributed by atoms with E-state index in [1.165, 1.54) is 0 Å². The van der Waals surface area contributed by atoms with Gasteiger partial charge in [-0.15, -0.1) is 0 Å². The van der Waals surface area contributed by atoms with Gasteiger partial charge in [-0.05, 0) is 61.7 Å². The molecule has 10 atom stereocenters. The van der Waals surface area contributed by atoms with Gasteiger partial charge in [-0.1, -0.05) is 49.8 Å². The van der Waals surface area contributed by atoms with E-state index in [9.17, 15) is 53.7 Å². The molecule has 18 heteroatoms. The monoisotopic (exact) mass is 886 g/mol. The molecule has 0 bridgehead atoms. The third-order valence-electron chi connectivity index (χ3n) is 14.9. The van der Waals surface area contributed by atoms with Gasteiger partial charge < -0.3 is 45.5 Å². The predicted molar refractivity (Wildman–Crippen MR) is 221 cm³/mol. The molecule has 342 valence electrons. The molecule has 5 amide bonds. The molecule has 6 N–H and O–H groups in total. The van der Waals surface area contributed by atoms with Crippen LogP contribution in [0.5, 0.6) is 0 Å². The quantitative estimate of drug-likeness (QED) is 0.124. The van der Waals surface area contributed by atoms with Gasteiger partial charge >= 0.3 is 5.97 Å². The first-order valence-electron chi connectivity index (χ1n) is 21.8. The van der Waals surface area contributed by atoms with Crippen molar-refractivity contribution in [1.82, 2.24) is 20.9 Å². The summed E-state index contributed by atoms with van der Waals surface area (Å²) in [6.07, 6.45) is 6.51. The molecule has 1 aromatic carbocycles. The zero-order valence-corrected chi connectivity index (χ0v) is 35.7. The number of carboxylic acid groups (broad SMARTS) is 1. The van der Waals surface area contributed by atoms with E-state index in [0.29, 0.717) is 24.8 Å². The number of hydrogen-bond acceptors (Lipinski definition) is 13. The standard InChI is InChI=1S/C46H54N4O14/c1-43-15-13-28(52)17-27(43)7-8-29-30-18-34-46(33(54)22-51,44(30,2)20-32(53)40(29)43)64-42(63-34)26-5-3-25(4-6-26)19-45(23-62-24-45)49-41(61)31(9-12-39(59)60)48-36(56)21-47-35(55)14-16-50-37(57)10-11-38(50)58/h3-6,10-11,13,15,17,29-32,34,40,42,51,53H,7-9,12,14,16,18-24H2,1-2H3,(H,47,55)(H,48,56)(H,49,61)(H,59,60)/t29-,30-,31-,32-,34+,40+,42+,43-,44-,46+/m0/s1. The van der Waals surface area contributed by atoms with Gasteiger partial charge in [0.25, 0.3) is 11.8 Å². The smallest absolute Gasteiger partial charge is 0.303 e. The average Bonchev–Trinajstić information content (AvgIpc) is 3.87. The second kappa shape index (κ2) is 17.2. The van der Waals surface area contributed by atoms with E-state index in [0.717, 1.165) is 34.6 Å². The number of allylic oxidation sites excluding steroid dienone is 4. The number of imide groups is 1. The maximum atomic E-state index is 14.0. The number of aliphatic carboxylic acids is 1. The van der Waals surface area contributed by atoms with Gasteiger partial charge in [-0.25, -0.2) is 0 Å². The summed E-state index contributed by atoms with van der Waals surface area (Å²) in [5, 5.41) is 39.5. The molecule has 18 nitrogen and oxygen atoms in total. The zero-order valence-electron chi connectivity index (χ0n) is 35.7. The van der Waals surface area contributed by atoms with Crippen LogP contribution in [0.15, 0.2) is 60.2 Å².